The number of carbonyl (C=O) groups is 2. The number of benzene rings is 2. The summed E-state index contributed by atoms with van der Waals surface area (Å²) >= 11 is 0. The Hall–Kier alpha value is -3.74. The molecule has 3 aromatic rings. The van der Waals surface area contributed by atoms with Crippen molar-refractivity contribution in [1.29, 1.82) is 0 Å². The van der Waals surface area contributed by atoms with Crippen LogP contribution in [0.15, 0.2) is 48.5 Å². The molecule has 0 spiro atoms. The molecule has 2 aromatic carbocycles. The topological polar surface area (TPSA) is 76.0 Å². The standard InChI is InChI=1S/C25H25NO6/c1-16-12-21(17(2)26(16)19-6-9-23-24(14-19)31-11-10-30-23)22(27)15-32-25(28)13-18-4-7-20(29-3)8-5-18/h4-9,12,14H,10-11,13,15H2,1-3H3. The fourth-order valence-electron chi connectivity index (χ4n) is 3.80. The van der Waals surface area contributed by atoms with Gasteiger partial charge in [0, 0.05) is 28.7 Å². The summed E-state index contributed by atoms with van der Waals surface area (Å²) in [5, 5.41) is 0. The van der Waals surface area contributed by atoms with Crippen molar-refractivity contribution in [3.8, 4) is 22.9 Å². The number of methoxy groups -OCH3 is 1. The maximum atomic E-state index is 12.8. The van der Waals surface area contributed by atoms with E-state index < -0.39 is 5.97 Å². The first-order valence-electron chi connectivity index (χ1n) is 10.4. The number of nitrogens with zero attached hydrogens (tertiary/aromatic N) is 1. The van der Waals surface area contributed by atoms with Crippen molar-refractivity contribution in [2.45, 2.75) is 20.3 Å². The Balaban J connectivity index is 1.43. The molecule has 0 radical (unpaired) electrons. The molecule has 1 aliphatic heterocycles. The lowest BCUT2D eigenvalue weighted by atomic mass is 10.1. The SMILES string of the molecule is COc1ccc(CC(=O)OCC(=O)c2cc(C)n(-c3ccc4c(c3)OCCO4)c2C)cc1. The van der Waals surface area contributed by atoms with E-state index in [9.17, 15) is 9.59 Å². The Labute approximate surface area is 186 Å². The lowest BCUT2D eigenvalue weighted by Crippen LogP contribution is -2.16. The van der Waals surface area contributed by atoms with Gasteiger partial charge in [0.2, 0.25) is 5.78 Å². The van der Waals surface area contributed by atoms with Gasteiger partial charge >= 0.3 is 5.97 Å². The molecule has 1 aliphatic rings. The van der Waals surface area contributed by atoms with Crippen LogP contribution in [0.1, 0.15) is 27.3 Å². The van der Waals surface area contributed by atoms with E-state index in [1.165, 1.54) is 0 Å². The van der Waals surface area contributed by atoms with Gasteiger partial charge in [0.25, 0.3) is 0 Å². The van der Waals surface area contributed by atoms with Gasteiger partial charge in [-0.3, -0.25) is 9.59 Å². The van der Waals surface area contributed by atoms with Gasteiger partial charge in [-0.1, -0.05) is 12.1 Å². The lowest BCUT2D eigenvalue weighted by Gasteiger charge is -2.20. The van der Waals surface area contributed by atoms with Crippen LogP contribution in [0.5, 0.6) is 17.2 Å². The number of aryl methyl sites for hydroxylation is 1. The van der Waals surface area contributed by atoms with Gasteiger partial charge in [0.05, 0.1) is 13.5 Å². The van der Waals surface area contributed by atoms with Crippen LogP contribution in [-0.4, -0.2) is 43.3 Å². The Kier molecular flexibility index (Phi) is 6.16. The van der Waals surface area contributed by atoms with Crippen molar-refractivity contribution in [2.75, 3.05) is 26.9 Å². The predicted octanol–water partition coefficient (Wildman–Crippen LogP) is 3.84. The molecule has 32 heavy (non-hydrogen) atoms. The molecule has 2 heterocycles. The normalized spacial score (nSPS) is 12.3. The minimum absolute atomic E-state index is 0.0908. The summed E-state index contributed by atoms with van der Waals surface area (Å²) in [6.07, 6.45) is 0.0908. The van der Waals surface area contributed by atoms with Gasteiger partial charge in [-0.15, -0.1) is 0 Å². The van der Waals surface area contributed by atoms with E-state index in [1.807, 2.05) is 42.7 Å². The first-order chi connectivity index (χ1) is 15.5. The van der Waals surface area contributed by atoms with Crippen LogP contribution in [0.3, 0.4) is 0 Å². The van der Waals surface area contributed by atoms with Crippen LogP contribution in [-0.2, 0) is 16.0 Å². The van der Waals surface area contributed by atoms with Gasteiger partial charge in [-0.05, 0) is 49.7 Å². The van der Waals surface area contributed by atoms with Crippen LogP contribution >= 0.6 is 0 Å². The van der Waals surface area contributed by atoms with Gasteiger partial charge in [0.15, 0.2) is 18.1 Å². The molecule has 0 saturated carbocycles. The predicted molar refractivity (Wildman–Crippen MR) is 118 cm³/mol. The molecule has 0 atom stereocenters. The van der Waals surface area contributed by atoms with E-state index in [4.69, 9.17) is 18.9 Å². The zero-order valence-electron chi connectivity index (χ0n) is 18.3. The second-order valence-electron chi connectivity index (χ2n) is 7.56. The second-order valence-corrected chi connectivity index (χ2v) is 7.56. The molecule has 0 bridgehead atoms. The summed E-state index contributed by atoms with van der Waals surface area (Å²) in [4.78, 5) is 25.0. The zero-order valence-corrected chi connectivity index (χ0v) is 18.3. The summed E-state index contributed by atoms with van der Waals surface area (Å²) in [5.41, 5.74) is 3.86. The number of rotatable bonds is 7. The average Bonchev–Trinajstić information content (AvgIpc) is 3.11. The lowest BCUT2D eigenvalue weighted by molar-refractivity contribution is -0.141. The van der Waals surface area contributed by atoms with Crippen molar-refractivity contribution >= 4 is 11.8 Å². The van der Waals surface area contributed by atoms with Gasteiger partial charge in [0.1, 0.15) is 19.0 Å². The summed E-state index contributed by atoms with van der Waals surface area (Å²) < 4.78 is 23.6. The summed E-state index contributed by atoms with van der Waals surface area (Å²) in [6, 6.07) is 14.7. The van der Waals surface area contributed by atoms with E-state index in [0.717, 1.165) is 22.6 Å². The molecule has 0 N–H and O–H groups in total. The van der Waals surface area contributed by atoms with Crippen LogP contribution < -0.4 is 14.2 Å². The van der Waals surface area contributed by atoms with Gasteiger partial charge < -0.3 is 23.5 Å². The summed E-state index contributed by atoms with van der Waals surface area (Å²) in [5.74, 6) is 1.41. The number of Topliss-reactive ketones (excluding diaryl/α,β-unsaturated/α-hetero) is 1. The molecule has 0 fully saturated rings. The van der Waals surface area contributed by atoms with E-state index in [2.05, 4.69) is 0 Å². The minimum atomic E-state index is -0.454. The Morgan fingerprint density at radius 2 is 1.69 bits per heavy atom. The molecule has 166 valence electrons. The third-order valence-corrected chi connectivity index (χ3v) is 5.39. The number of fused-ring (bicyclic) bond motifs is 1. The zero-order chi connectivity index (χ0) is 22.7. The van der Waals surface area contributed by atoms with Crippen molar-refractivity contribution in [2.24, 2.45) is 0 Å². The van der Waals surface area contributed by atoms with E-state index >= 15 is 0 Å². The van der Waals surface area contributed by atoms with Crippen LogP contribution in [0.2, 0.25) is 0 Å². The van der Waals surface area contributed by atoms with Gasteiger partial charge in [-0.2, -0.15) is 0 Å². The Bertz CT molecular complexity index is 1150. The monoisotopic (exact) mass is 435 g/mol. The molecule has 7 heteroatoms. The molecule has 0 unspecified atom stereocenters. The van der Waals surface area contributed by atoms with E-state index in [1.54, 1.807) is 31.4 Å². The highest BCUT2D eigenvalue weighted by Crippen LogP contribution is 2.33. The smallest absolute Gasteiger partial charge is 0.310 e. The molecule has 0 amide bonds. The summed E-state index contributed by atoms with van der Waals surface area (Å²) in [7, 11) is 1.58. The highest BCUT2D eigenvalue weighted by Gasteiger charge is 2.20. The number of aromatic nitrogens is 1. The quantitative estimate of drug-likeness (QED) is 0.415. The van der Waals surface area contributed by atoms with Crippen molar-refractivity contribution in [3.05, 3.63) is 71.0 Å². The van der Waals surface area contributed by atoms with Crippen LogP contribution in [0.25, 0.3) is 5.69 Å². The molecule has 0 saturated heterocycles. The number of esters is 1. The highest BCUT2D eigenvalue weighted by molar-refractivity contribution is 5.99. The number of hydrogen-bond acceptors (Lipinski definition) is 6. The number of carbonyl (C=O) groups excluding carboxylic acids is 2. The third-order valence-electron chi connectivity index (χ3n) is 5.39. The average molecular weight is 435 g/mol. The highest BCUT2D eigenvalue weighted by atomic mass is 16.6. The largest absolute Gasteiger partial charge is 0.497 e. The first kappa shape index (κ1) is 21.5. The molecule has 7 nitrogen and oxygen atoms in total. The minimum Gasteiger partial charge on any atom is -0.497 e. The number of hydrogen-bond donors (Lipinski definition) is 0. The molecule has 4 rings (SSSR count). The van der Waals surface area contributed by atoms with Crippen LogP contribution in [0, 0.1) is 13.8 Å². The summed E-state index contributed by atoms with van der Waals surface area (Å²) in [6.45, 7) is 4.53. The molecular formula is C25H25NO6. The van der Waals surface area contributed by atoms with Crippen LogP contribution in [0.4, 0.5) is 0 Å². The van der Waals surface area contributed by atoms with Crippen molar-refractivity contribution < 1.29 is 28.5 Å². The second kappa shape index (κ2) is 9.18. The van der Waals surface area contributed by atoms with Crippen molar-refractivity contribution in [3.63, 3.8) is 0 Å². The number of ether oxygens (including phenoxy) is 4. The Morgan fingerprint density at radius 3 is 2.41 bits per heavy atom. The first-order valence-corrected chi connectivity index (χ1v) is 10.4. The third kappa shape index (κ3) is 4.46. The Morgan fingerprint density at radius 1 is 0.969 bits per heavy atom. The maximum absolute atomic E-state index is 12.8. The van der Waals surface area contributed by atoms with Gasteiger partial charge in [-0.25, -0.2) is 0 Å². The fourth-order valence-corrected chi connectivity index (χ4v) is 3.80. The van der Waals surface area contributed by atoms with Crippen molar-refractivity contribution in [1.82, 2.24) is 4.57 Å². The fraction of sp³-hybridized carbons (Fsp3) is 0.280. The molecular weight excluding hydrogens is 410 g/mol. The number of ketones is 1. The van der Waals surface area contributed by atoms with E-state index in [0.29, 0.717) is 36.0 Å². The molecule has 1 aromatic heterocycles. The van der Waals surface area contributed by atoms with E-state index in [-0.39, 0.29) is 18.8 Å². The maximum Gasteiger partial charge on any atom is 0.310 e. The molecule has 0 aliphatic carbocycles.